The molecule has 2 aliphatic carbocycles. The first kappa shape index (κ1) is 12.7. The average Bonchev–Trinajstić information content (AvgIpc) is 2.71. The lowest BCUT2D eigenvalue weighted by Gasteiger charge is -2.60. The van der Waals surface area contributed by atoms with E-state index >= 15 is 0 Å². The van der Waals surface area contributed by atoms with Crippen LogP contribution in [0.5, 0.6) is 0 Å². The van der Waals surface area contributed by atoms with E-state index in [0.717, 1.165) is 18.7 Å². The minimum atomic E-state index is 0.0405. The molecule has 0 aliphatic heterocycles. The number of ether oxygens (including phenoxy) is 1. The molecule has 1 heterocycles. The Bertz CT molecular complexity index is 476. The summed E-state index contributed by atoms with van der Waals surface area (Å²) >= 11 is 0. The zero-order valence-electron chi connectivity index (χ0n) is 11.7. The monoisotopic (exact) mass is 262 g/mol. The van der Waals surface area contributed by atoms with Crippen molar-refractivity contribution >= 4 is 5.91 Å². The Morgan fingerprint density at radius 1 is 1.58 bits per heavy atom. The molecule has 2 atom stereocenters. The Kier molecular flexibility index (Phi) is 3.13. The molecule has 0 unspecified atom stereocenters. The summed E-state index contributed by atoms with van der Waals surface area (Å²) in [5.74, 6) is 0.0405. The van der Waals surface area contributed by atoms with Crippen molar-refractivity contribution in [3.63, 3.8) is 0 Å². The van der Waals surface area contributed by atoms with E-state index in [0.29, 0.717) is 12.1 Å². The van der Waals surface area contributed by atoms with Gasteiger partial charge < -0.3 is 14.6 Å². The quantitative estimate of drug-likeness (QED) is 0.903. The van der Waals surface area contributed by atoms with E-state index in [-0.39, 0.29) is 11.3 Å². The van der Waals surface area contributed by atoms with Crippen LogP contribution < -0.4 is 5.32 Å². The number of nitrogens with one attached hydrogen (secondary N) is 1. The molecule has 19 heavy (non-hydrogen) atoms. The highest BCUT2D eigenvalue weighted by atomic mass is 16.5. The minimum absolute atomic E-state index is 0.0405. The van der Waals surface area contributed by atoms with E-state index in [1.165, 1.54) is 19.3 Å². The van der Waals surface area contributed by atoms with Gasteiger partial charge in [-0.15, -0.1) is 0 Å². The second-order valence-corrected chi connectivity index (χ2v) is 5.80. The summed E-state index contributed by atoms with van der Waals surface area (Å²) in [6.07, 6.45) is 6.86. The van der Waals surface area contributed by atoms with Crippen molar-refractivity contribution in [1.82, 2.24) is 9.88 Å². The SMILES string of the molecule is CCO[C@@H]1C[C@@H](NC(=O)c2cccn2C)C12CCC2. The van der Waals surface area contributed by atoms with Gasteiger partial charge in [0.2, 0.25) is 0 Å². The third-order valence-electron chi connectivity index (χ3n) is 4.92. The molecule has 1 aromatic rings. The van der Waals surface area contributed by atoms with E-state index in [1.807, 2.05) is 36.9 Å². The predicted molar refractivity (Wildman–Crippen MR) is 73.0 cm³/mol. The van der Waals surface area contributed by atoms with Gasteiger partial charge in [0.1, 0.15) is 5.69 Å². The van der Waals surface area contributed by atoms with Crippen LogP contribution in [0.1, 0.15) is 43.1 Å². The molecule has 1 spiro atoms. The molecule has 104 valence electrons. The topological polar surface area (TPSA) is 43.3 Å². The number of carbonyl (C=O) groups is 1. The molecular weight excluding hydrogens is 240 g/mol. The third-order valence-corrected chi connectivity index (χ3v) is 4.92. The molecule has 1 aromatic heterocycles. The molecule has 0 aromatic carbocycles. The number of nitrogens with zero attached hydrogens (tertiary/aromatic N) is 1. The van der Waals surface area contributed by atoms with E-state index < -0.39 is 0 Å². The van der Waals surface area contributed by atoms with Gasteiger partial charge >= 0.3 is 0 Å². The smallest absolute Gasteiger partial charge is 0.268 e. The van der Waals surface area contributed by atoms with Gasteiger partial charge in [-0.25, -0.2) is 0 Å². The van der Waals surface area contributed by atoms with Gasteiger partial charge in [-0.05, 0) is 38.3 Å². The number of aryl methyl sites for hydroxylation is 1. The molecule has 2 fully saturated rings. The Labute approximate surface area is 114 Å². The van der Waals surface area contributed by atoms with Gasteiger partial charge in [0, 0.05) is 31.3 Å². The molecule has 4 nitrogen and oxygen atoms in total. The van der Waals surface area contributed by atoms with Crippen LogP contribution in [0.15, 0.2) is 18.3 Å². The maximum absolute atomic E-state index is 12.2. The van der Waals surface area contributed by atoms with E-state index in [2.05, 4.69) is 5.32 Å². The normalized spacial score (nSPS) is 27.7. The summed E-state index contributed by atoms with van der Waals surface area (Å²) in [6.45, 7) is 2.81. The fraction of sp³-hybridized carbons (Fsp3) is 0.667. The van der Waals surface area contributed by atoms with Crippen LogP contribution in [0, 0.1) is 5.41 Å². The second-order valence-electron chi connectivity index (χ2n) is 5.80. The van der Waals surface area contributed by atoms with Gasteiger partial charge in [0.25, 0.3) is 5.91 Å². The Morgan fingerprint density at radius 2 is 2.37 bits per heavy atom. The number of rotatable bonds is 4. The van der Waals surface area contributed by atoms with Gasteiger partial charge in [-0.2, -0.15) is 0 Å². The summed E-state index contributed by atoms with van der Waals surface area (Å²) in [5.41, 5.74) is 0.964. The standard InChI is InChI=1S/C15H22N2O2/c1-3-19-13-10-12(15(13)7-5-8-15)16-14(18)11-6-4-9-17(11)2/h4,6,9,12-13H,3,5,7-8,10H2,1-2H3,(H,16,18)/t12-,13-/m1/s1. The van der Waals surface area contributed by atoms with Crippen LogP contribution in [0.25, 0.3) is 0 Å². The Morgan fingerprint density at radius 3 is 2.89 bits per heavy atom. The van der Waals surface area contributed by atoms with Crippen LogP contribution >= 0.6 is 0 Å². The lowest BCUT2D eigenvalue weighted by Crippen LogP contribution is -2.67. The summed E-state index contributed by atoms with van der Waals surface area (Å²) in [5, 5.41) is 3.20. The lowest BCUT2D eigenvalue weighted by molar-refractivity contribution is -0.169. The van der Waals surface area contributed by atoms with Gasteiger partial charge in [0.05, 0.1) is 6.10 Å². The maximum Gasteiger partial charge on any atom is 0.268 e. The first-order valence-electron chi connectivity index (χ1n) is 7.21. The van der Waals surface area contributed by atoms with Gasteiger partial charge in [0.15, 0.2) is 0 Å². The zero-order valence-corrected chi connectivity index (χ0v) is 11.7. The molecule has 2 aliphatic rings. The average molecular weight is 262 g/mol. The largest absolute Gasteiger partial charge is 0.378 e. The number of aromatic nitrogens is 1. The number of amides is 1. The fourth-order valence-corrected chi connectivity index (χ4v) is 3.57. The van der Waals surface area contributed by atoms with Crippen molar-refractivity contribution in [2.75, 3.05) is 6.61 Å². The summed E-state index contributed by atoms with van der Waals surface area (Å²) in [4.78, 5) is 12.2. The van der Waals surface area contributed by atoms with E-state index in [1.54, 1.807) is 0 Å². The van der Waals surface area contributed by atoms with E-state index in [4.69, 9.17) is 4.74 Å². The van der Waals surface area contributed by atoms with Gasteiger partial charge in [-0.3, -0.25) is 4.79 Å². The summed E-state index contributed by atoms with van der Waals surface area (Å²) < 4.78 is 7.67. The first-order valence-corrected chi connectivity index (χ1v) is 7.21. The molecule has 0 radical (unpaired) electrons. The van der Waals surface area contributed by atoms with Crippen LogP contribution in [0.4, 0.5) is 0 Å². The molecule has 1 amide bonds. The molecule has 4 heteroatoms. The molecule has 3 rings (SSSR count). The molecule has 2 saturated carbocycles. The molecule has 1 N–H and O–H groups in total. The summed E-state index contributed by atoms with van der Waals surface area (Å²) in [7, 11) is 1.90. The van der Waals surface area contributed by atoms with E-state index in [9.17, 15) is 4.79 Å². The Hall–Kier alpha value is -1.29. The highest BCUT2D eigenvalue weighted by Crippen LogP contribution is 2.57. The first-order chi connectivity index (χ1) is 9.17. The van der Waals surface area contributed by atoms with Crippen molar-refractivity contribution in [1.29, 1.82) is 0 Å². The van der Waals surface area contributed by atoms with Crippen molar-refractivity contribution in [3.05, 3.63) is 24.0 Å². The Balaban J connectivity index is 1.65. The zero-order chi connectivity index (χ0) is 13.5. The summed E-state index contributed by atoms with van der Waals surface area (Å²) in [6, 6.07) is 4.06. The lowest BCUT2D eigenvalue weighted by atomic mass is 9.51. The van der Waals surface area contributed by atoms with Crippen LogP contribution in [0.2, 0.25) is 0 Å². The molecular formula is C15H22N2O2. The van der Waals surface area contributed by atoms with Crippen LogP contribution in [0.3, 0.4) is 0 Å². The van der Waals surface area contributed by atoms with Crippen molar-refractivity contribution in [3.8, 4) is 0 Å². The van der Waals surface area contributed by atoms with Crippen molar-refractivity contribution < 1.29 is 9.53 Å². The fourth-order valence-electron chi connectivity index (χ4n) is 3.57. The minimum Gasteiger partial charge on any atom is -0.378 e. The van der Waals surface area contributed by atoms with Gasteiger partial charge in [-0.1, -0.05) is 6.42 Å². The van der Waals surface area contributed by atoms with Crippen LogP contribution in [-0.2, 0) is 11.8 Å². The van der Waals surface area contributed by atoms with Crippen molar-refractivity contribution in [2.45, 2.75) is 44.8 Å². The van der Waals surface area contributed by atoms with Crippen molar-refractivity contribution in [2.24, 2.45) is 12.5 Å². The number of hydrogen-bond acceptors (Lipinski definition) is 2. The van der Waals surface area contributed by atoms with Crippen LogP contribution in [-0.4, -0.2) is 29.2 Å². The highest BCUT2D eigenvalue weighted by Gasteiger charge is 2.59. The number of hydrogen-bond donors (Lipinski definition) is 1. The number of carbonyl (C=O) groups excluding carboxylic acids is 1. The molecule has 0 saturated heterocycles. The molecule has 0 bridgehead atoms. The maximum atomic E-state index is 12.2. The highest BCUT2D eigenvalue weighted by molar-refractivity contribution is 5.93. The third kappa shape index (κ3) is 1.89. The second kappa shape index (κ2) is 4.67. The predicted octanol–water partition coefficient (Wildman–Crippen LogP) is 2.10.